The second-order valence-electron chi connectivity index (χ2n) is 13.2. The number of benzene rings is 2. The van der Waals surface area contributed by atoms with E-state index < -0.39 is 59.7 Å². The van der Waals surface area contributed by atoms with E-state index in [9.17, 15) is 19.2 Å². The van der Waals surface area contributed by atoms with Gasteiger partial charge in [0.15, 0.2) is 6.17 Å². The monoisotopic (exact) mass is 856 g/mol. The molecule has 0 aliphatic heterocycles. The summed E-state index contributed by atoms with van der Waals surface area (Å²) in [5.41, 5.74) is 10.6. The van der Waals surface area contributed by atoms with Gasteiger partial charge in [0.1, 0.15) is 11.4 Å². The van der Waals surface area contributed by atoms with E-state index in [2.05, 4.69) is 36.1 Å². The van der Waals surface area contributed by atoms with Crippen LogP contribution in [0.5, 0.6) is 0 Å². The molecule has 6 aromatic rings. The topological polar surface area (TPSA) is 200 Å². The van der Waals surface area contributed by atoms with Crippen LogP contribution in [0, 0.1) is 13.8 Å². The molecule has 0 bridgehead atoms. The van der Waals surface area contributed by atoms with E-state index >= 15 is 17.6 Å². The first-order valence-corrected chi connectivity index (χ1v) is 18.2. The van der Waals surface area contributed by atoms with Crippen molar-refractivity contribution in [1.29, 1.82) is 0 Å². The fourth-order valence-electron chi connectivity index (χ4n) is 6.69. The average molecular weight is 858 g/mol. The van der Waals surface area contributed by atoms with Crippen molar-refractivity contribution >= 4 is 61.6 Å². The van der Waals surface area contributed by atoms with Crippen molar-refractivity contribution in [3.8, 4) is 0 Å². The molecule has 57 heavy (non-hydrogen) atoms. The molecular formula is C36H37BrF4N12O4. The Bertz CT molecular complexity index is 2790. The maximum atomic E-state index is 16.8. The van der Waals surface area contributed by atoms with Gasteiger partial charge in [-0.2, -0.15) is 29.0 Å². The van der Waals surface area contributed by atoms with E-state index in [0.29, 0.717) is 17.9 Å². The Hall–Kier alpha value is -6.12. The van der Waals surface area contributed by atoms with E-state index in [4.69, 9.17) is 11.5 Å². The molecular weight excluding hydrogens is 820 g/mol. The molecule has 0 aliphatic rings. The van der Waals surface area contributed by atoms with Crippen LogP contribution in [0.1, 0.15) is 66.9 Å². The summed E-state index contributed by atoms with van der Waals surface area (Å²) in [6.45, 7) is 6.15. The number of nitrogens with two attached hydrogens (primary N) is 2. The maximum Gasteiger partial charge on any atom is 0.366 e. The molecule has 0 aliphatic carbocycles. The number of halogens is 5. The van der Waals surface area contributed by atoms with Crippen molar-refractivity contribution < 1.29 is 36.7 Å². The third kappa shape index (κ3) is 7.10. The van der Waals surface area contributed by atoms with Gasteiger partial charge >= 0.3 is 6.05 Å². The number of carbonyl (C=O) groups is 4. The van der Waals surface area contributed by atoms with Crippen molar-refractivity contribution in [3.05, 3.63) is 92.1 Å². The van der Waals surface area contributed by atoms with Crippen LogP contribution >= 0.6 is 15.9 Å². The number of nitrogens with zero attached hydrogens (tertiary/aromatic N) is 10. The molecule has 4 aromatic heterocycles. The highest BCUT2D eigenvalue weighted by Crippen LogP contribution is 2.35. The first-order valence-electron chi connectivity index (χ1n) is 17.4. The molecule has 0 saturated heterocycles. The first kappa shape index (κ1) is 40.5. The molecule has 0 saturated carbocycles. The number of rotatable bonds is 11. The zero-order chi connectivity index (χ0) is 41.8. The quantitative estimate of drug-likeness (QED) is 0.186. The summed E-state index contributed by atoms with van der Waals surface area (Å²) in [6, 6.07) is 4.11. The molecule has 4 heterocycles. The molecule has 21 heteroatoms. The number of hydrogen-bond acceptors (Lipinski definition) is 6. The highest BCUT2D eigenvalue weighted by molar-refractivity contribution is 9.10. The predicted octanol–water partition coefficient (Wildman–Crippen LogP) is 3.69. The lowest BCUT2D eigenvalue weighted by Crippen LogP contribution is -2.47. The van der Waals surface area contributed by atoms with Gasteiger partial charge in [-0.05, 0) is 86.1 Å². The average Bonchev–Trinajstić information content (AvgIpc) is 3.89. The van der Waals surface area contributed by atoms with Crippen LogP contribution in [0.15, 0.2) is 56.9 Å². The van der Waals surface area contributed by atoms with Crippen LogP contribution in [0.3, 0.4) is 0 Å². The summed E-state index contributed by atoms with van der Waals surface area (Å²) < 4.78 is 73.0. The standard InChI is InChI=1S/C36H37BrF4N12O4/c1-7-51-26(11-17(3)46-51)32(56)44-34-49(6)25-15-20(31(43)55)13-21(37)28(25)50(34)16-22(38)29(39)36(40,41)53-23-10-9-19(30(42)54)14-24(23)48(5)35(53)45-33(57)27-12-18(4)47-52(27)8-2/h9-15,22,29H,7-8,16H2,1-6H3,(H2,42,54)(H2,43,55). The summed E-state index contributed by atoms with van der Waals surface area (Å²) in [5, 5.41) is 8.45. The Morgan fingerprint density at radius 1 is 0.772 bits per heavy atom. The Kier molecular flexibility index (Phi) is 10.7. The van der Waals surface area contributed by atoms with Gasteiger partial charge in [-0.3, -0.25) is 28.5 Å². The largest absolute Gasteiger partial charge is 0.366 e. The summed E-state index contributed by atoms with van der Waals surface area (Å²) in [5.74, 6) is -3.54. The highest BCUT2D eigenvalue weighted by Gasteiger charge is 2.50. The number of amides is 4. The smallest absolute Gasteiger partial charge is 0.366 e. The van der Waals surface area contributed by atoms with Crippen molar-refractivity contribution in [2.75, 3.05) is 0 Å². The molecule has 4 amide bonds. The molecule has 0 spiro atoms. The minimum atomic E-state index is -4.76. The highest BCUT2D eigenvalue weighted by atomic mass is 79.9. The van der Waals surface area contributed by atoms with E-state index in [0.717, 1.165) is 27.3 Å². The minimum Gasteiger partial charge on any atom is -0.366 e. The van der Waals surface area contributed by atoms with E-state index in [1.54, 1.807) is 27.7 Å². The molecule has 0 radical (unpaired) electrons. The van der Waals surface area contributed by atoms with Crippen LogP contribution in [-0.4, -0.2) is 73.8 Å². The normalized spacial score (nSPS) is 13.9. The predicted molar refractivity (Wildman–Crippen MR) is 202 cm³/mol. The lowest BCUT2D eigenvalue weighted by Gasteiger charge is -2.25. The van der Waals surface area contributed by atoms with Gasteiger partial charge in [0.25, 0.3) is 11.8 Å². The Balaban J connectivity index is 1.52. The molecule has 0 fully saturated rings. The van der Waals surface area contributed by atoms with Gasteiger partial charge in [-0.1, -0.05) is 0 Å². The van der Waals surface area contributed by atoms with Crippen molar-refractivity contribution in [1.82, 2.24) is 37.8 Å². The maximum absolute atomic E-state index is 16.8. The van der Waals surface area contributed by atoms with E-state index in [1.165, 1.54) is 52.3 Å². The van der Waals surface area contributed by atoms with Crippen LogP contribution in [0.25, 0.3) is 22.1 Å². The summed E-state index contributed by atoms with van der Waals surface area (Å²) in [7, 11) is 2.69. The fourth-order valence-corrected chi connectivity index (χ4v) is 7.35. The zero-order valence-electron chi connectivity index (χ0n) is 31.5. The molecule has 6 rings (SSSR count). The zero-order valence-corrected chi connectivity index (χ0v) is 33.1. The molecule has 4 N–H and O–H groups in total. The summed E-state index contributed by atoms with van der Waals surface area (Å²) >= 11 is 3.33. The second-order valence-corrected chi connectivity index (χ2v) is 14.1. The van der Waals surface area contributed by atoms with Crippen LogP contribution < -0.4 is 22.7 Å². The van der Waals surface area contributed by atoms with Gasteiger partial charge in [-0.15, -0.1) is 0 Å². The van der Waals surface area contributed by atoms with E-state index in [1.807, 2.05) is 0 Å². The number of primary amides is 2. The molecule has 2 aromatic carbocycles. The Morgan fingerprint density at radius 2 is 1.28 bits per heavy atom. The fraction of sp³-hybridized carbons (Fsp3) is 0.333. The number of carbonyl (C=O) groups excluding carboxylic acids is 4. The Morgan fingerprint density at radius 3 is 1.81 bits per heavy atom. The number of imidazole rings is 2. The van der Waals surface area contributed by atoms with Crippen molar-refractivity contribution in [2.45, 2.75) is 65.7 Å². The van der Waals surface area contributed by atoms with Crippen LogP contribution in [-0.2, 0) is 39.8 Å². The van der Waals surface area contributed by atoms with Gasteiger partial charge in [0.2, 0.25) is 29.2 Å². The van der Waals surface area contributed by atoms with Crippen molar-refractivity contribution in [3.63, 3.8) is 0 Å². The number of aryl methyl sites for hydroxylation is 6. The van der Waals surface area contributed by atoms with E-state index in [-0.39, 0.29) is 60.3 Å². The first-order chi connectivity index (χ1) is 26.8. The summed E-state index contributed by atoms with van der Waals surface area (Å²) in [4.78, 5) is 59.4. The van der Waals surface area contributed by atoms with Gasteiger partial charge in [-0.25, -0.2) is 13.3 Å². The Labute approximate surface area is 328 Å². The third-order valence-electron chi connectivity index (χ3n) is 9.41. The lowest BCUT2D eigenvalue weighted by molar-refractivity contribution is -0.165. The lowest BCUT2D eigenvalue weighted by atomic mass is 10.1. The van der Waals surface area contributed by atoms with Crippen LogP contribution in [0.2, 0.25) is 0 Å². The molecule has 300 valence electrons. The number of hydrogen-bond donors (Lipinski definition) is 2. The molecule has 16 nitrogen and oxygen atoms in total. The number of aromatic nitrogens is 8. The molecule has 2 atom stereocenters. The van der Waals surface area contributed by atoms with Gasteiger partial charge in [0, 0.05) is 42.8 Å². The number of fused-ring (bicyclic) bond motifs is 2. The second kappa shape index (κ2) is 15.1. The minimum absolute atomic E-state index is 0.0150. The van der Waals surface area contributed by atoms with Crippen molar-refractivity contribution in [2.24, 2.45) is 35.5 Å². The van der Waals surface area contributed by atoms with Crippen LogP contribution in [0.4, 0.5) is 17.6 Å². The summed E-state index contributed by atoms with van der Waals surface area (Å²) in [6.07, 6.45) is -6.65. The van der Waals surface area contributed by atoms with Gasteiger partial charge in [0.05, 0.1) is 40.0 Å². The number of alkyl halides is 4. The SMILES string of the molecule is CCn1nc(C)cc1C(=O)N=c1n(C)c2cc(C(N)=O)cc(Br)c2n1CC(F)C(F)C(F)(F)n1c(=NC(=O)c2cc(C)nn2CC)n(C)c2cc(C(N)=O)ccc21. The molecule has 2 unspecified atom stereocenters. The van der Waals surface area contributed by atoms with Gasteiger partial charge < -0.3 is 25.2 Å². The third-order valence-corrected chi connectivity index (χ3v) is 10.0.